The largest absolute Gasteiger partial charge is 0.379 e. The third-order valence-corrected chi connectivity index (χ3v) is 3.58. The molecule has 16 heavy (non-hydrogen) atoms. The van der Waals surface area contributed by atoms with Gasteiger partial charge in [0, 0.05) is 6.61 Å². The monoisotopic (exact) mass is 244 g/mol. The summed E-state index contributed by atoms with van der Waals surface area (Å²) in [5.74, 6) is 0.792. The van der Waals surface area contributed by atoms with Gasteiger partial charge in [-0.05, 0) is 24.9 Å². The molecule has 0 saturated carbocycles. The summed E-state index contributed by atoms with van der Waals surface area (Å²) in [7, 11) is 0. The van der Waals surface area contributed by atoms with Crippen molar-refractivity contribution in [1.82, 2.24) is 10.2 Å². The highest BCUT2D eigenvalue weighted by molar-refractivity contribution is 7.98. The van der Waals surface area contributed by atoms with Gasteiger partial charge in [0.1, 0.15) is 6.04 Å². The molecule has 2 atom stereocenters. The molecule has 2 unspecified atom stereocenters. The van der Waals surface area contributed by atoms with E-state index >= 15 is 0 Å². The number of rotatable bonds is 4. The summed E-state index contributed by atoms with van der Waals surface area (Å²) in [5, 5.41) is 2.73. The first kappa shape index (κ1) is 11.7. The van der Waals surface area contributed by atoms with Crippen molar-refractivity contribution in [1.29, 1.82) is 0 Å². The SMILES string of the molecule is CSCCC1NC(=O)N(C2CCOC2)C1=O. The lowest BCUT2D eigenvalue weighted by atomic mass is 10.2. The average Bonchev–Trinajstić information content (AvgIpc) is 2.85. The first-order valence-corrected chi connectivity index (χ1v) is 6.83. The van der Waals surface area contributed by atoms with Gasteiger partial charge in [0.25, 0.3) is 5.91 Å². The molecule has 2 aliphatic heterocycles. The molecule has 1 N–H and O–H groups in total. The zero-order valence-electron chi connectivity index (χ0n) is 9.27. The Morgan fingerprint density at radius 3 is 3.00 bits per heavy atom. The number of hydrogen-bond donors (Lipinski definition) is 1. The van der Waals surface area contributed by atoms with Crippen LogP contribution in [-0.4, -0.2) is 54.1 Å². The van der Waals surface area contributed by atoms with Crippen LogP contribution in [0.1, 0.15) is 12.8 Å². The van der Waals surface area contributed by atoms with Crippen molar-refractivity contribution < 1.29 is 14.3 Å². The number of amides is 3. The van der Waals surface area contributed by atoms with Crippen molar-refractivity contribution in [3.8, 4) is 0 Å². The Hall–Kier alpha value is -0.750. The summed E-state index contributed by atoms with van der Waals surface area (Å²) in [4.78, 5) is 25.0. The van der Waals surface area contributed by atoms with Crippen LogP contribution in [0.5, 0.6) is 0 Å². The quantitative estimate of drug-likeness (QED) is 0.729. The van der Waals surface area contributed by atoms with Gasteiger partial charge < -0.3 is 10.1 Å². The molecule has 0 radical (unpaired) electrons. The Morgan fingerprint density at radius 1 is 1.56 bits per heavy atom. The van der Waals surface area contributed by atoms with E-state index in [1.165, 1.54) is 4.90 Å². The average molecular weight is 244 g/mol. The first-order valence-electron chi connectivity index (χ1n) is 5.44. The van der Waals surface area contributed by atoms with Crippen LogP contribution in [0.25, 0.3) is 0 Å². The van der Waals surface area contributed by atoms with Crippen molar-refractivity contribution in [2.75, 3.05) is 25.2 Å². The predicted molar refractivity (Wildman–Crippen MR) is 61.4 cm³/mol. The lowest BCUT2D eigenvalue weighted by Gasteiger charge is -2.18. The summed E-state index contributed by atoms with van der Waals surface area (Å²) in [6.07, 6.45) is 3.45. The van der Waals surface area contributed by atoms with E-state index in [-0.39, 0.29) is 24.0 Å². The minimum Gasteiger partial charge on any atom is -0.379 e. The molecule has 5 nitrogen and oxygen atoms in total. The molecule has 2 heterocycles. The number of urea groups is 1. The molecule has 6 heteroatoms. The maximum atomic E-state index is 12.0. The van der Waals surface area contributed by atoms with Crippen LogP contribution in [0.2, 0.25) is 0 Å². The van der Waals surface area contributed by atoms with Crippen LogP contribution < -0.4 is 5.32 Å². The molecule has 0 spiro atoms. The van der Waals surface area contributed by atoms with E-state index in [1.54, 1.807) is 11.8 Å². The second-order valence-corrected chi connectivity index (χ2v) is 4.99. The summed E-state index contributed by atoms with van der Waals surface area (Å²) < 4.78 is 5.20. The topological polar surface area (TPSA) is 58.6 Å². The Kier molecular flexibility index (Phi) is 3.70. The van der Waals surface area contributed by atoms with Crippen molar-refractivity contribution in [3.05, 3.63) is 0 Å². The Balaban J connectivity index is 1.98. The van der Waals surface area contributed by atoms with Crippen LogP contribution >= 0.6 is 11.8 Å². The normalized spacial score (nSPS) is 29.9. The molecule has 2 rings (SSSR count). The van der Waals surface area contributed by atoms with E-state index < -0.39 is 0 Å². The van der Waals surface area contributed by atoms with Gasteiger partial charge in [-0.3, -0.25) is 9.69 Å². The molecule has 0 bridgehead atoms. The molecule has 0 aromatic heterocycles. The van der Waals surface area contributed by atoms with Crippen molar-refractivity contribution in [2.45, 2.75) is 24.9 Å². The maximum Gasteiger partial charge on any atom is 0.325 e. The predicted octanol–water partition coefficient (Wildman–Crippen LogP) is 0.449. The number of nitrogens with zero attached hydrogens (tertiary/aromatic N) is 1. The van der Waals surface area contributed by atoms with E-state index in [2.05, 4.69) is 5.32 Å². The van der Waals surface area contributed by atoms with Crippen LogP contribution in [0.3, 0.4) is 0 Å². The van der Waals surface area contributed by atoms with E-state index in [9.17, 15) is 9.59 Å². The van der Waals surface area contributed by atoms with E-state index in [1.807, 2.05) is 6.26 Å². The van der Waals surface area contributed by atoms with Gasteiger partial charge in [0.2, 0.25) is 0 Å². The molecule has 0 aromatic rings. The fourth-order valence-corrected chi connectivity index (χ4v) is 2.52. The van der Waals surface area contributed by atoms with Crippen molar-refractivity contribution >= 4 is 23.7 Å². The second kappa shape index (κ2) is 5.05. The Labute approximate surface area is 98.9 Å². The third kappa shape index (κ3) is 2.17. The zero-order chi connectivity index (χ0) is 11.5. The minimum absolute atomic E-state index is 0.0632. The number of ether oxygens (including phenoxy) is 1. The first-order chi connectivity index (χ1) is 7.74. The number of carbonyl (C=O) groups excluding carboxylic acids is 2. The maximum absolute atomic E-state index is 12.0. The summed E-state index contributed by atoms with van der Waals surface area (Å²) in [6.45, 7) is 1.12. The number of thioether (sulfide) groups is 1. The Morgan fingerprint density at radius 2 is 2.38 bits per heavy atom. The number of nitrogens with one attached hydrogen (secondary N) is 1. The van der Waals surface area contributed by atoms with Gasteiger partial charge in [-0.25, -0.2) is 4.79 Å². The molecule has 0 aromatic carbocycles. The lowest BCUT2D eigenvalue weighted by molar-refractivity contribution is -0.129. The van der Waals surface area contributed by atoms with Crippen LogP contribution in [0, 0.1) is 0 Å². The molecule has 2 fully saturated rings. The van der Waals surface area contributed by atoms with E-state index in [4.69, 9.17) is 4.74 Å². The molecule has 0 aliphatic carbocycles. The minimum atomic E-state index is -0.333. The van der Waals surface area contributed by atoms with E-state index in [0.717, 1.165) is 12.2 Å². The van der Waals surface area contributed by atoms with Crippen LogP contribution in [-0.2, 0) is 9.53 Å². The molecular formula is C10H16N2O3S. The number of hydrogen-bond acceptors (Lipinski definition) is 4. The standard InChI is InChI=1S/C10H16N2O3S/c1-16-5-3-8-9(13)12(10(14)11-8)7-2-4-15-6-7/h7-8H,2-6H2,1H3,(H,11,14). The van der Waals surface area contributed by atoms with E-state index in [0.29, 0.717) is 19.6 Å². The smallest absolute Gasteiger partial charge is 0.325 e. The molecule has 2 aliphatic rings. The summed E-state index contributed by atoms with van der Waals surface area (Å²) in [5.41, 5.74) is 0. The lowest BCUT2D eigenvalue weighted by Crippen LogP contribution is -2.41. The fraction of sp³-hybridized carbons (Fsp3) is 0.800. The fourth-order valence-electron chi connectivity index (χ4n) is 2.05. The summed E-state index contributed by atoms with van der Waals surface area (Å²) in [6, 6.07) is -0.654. The van der Waals surface area contributed by atoms with Gasteiger partial charge in [0.15, 0.2) is 0 Å². The number of imide groups is 1. The number of carbonyl (C=O) groups is 2. The third-order valence-electron chi connectivity index (χ3n) is 2.93. The highest BCUT2D eigenvalue weighted by atomic mass is 32.2. The van der Waals surface area contributed by atoms with Gasteiger partial charge in [-0.2, -0.15) is 11.8 Å². The van der Waals surface area contributed by atoms with Crippen LogP contribution in [0.4, 0.5) is 4.79 Å². The molecule has 2 saturated heterocycles. The van der Waals surface area contributed by atoms with Gasteiger partial charge >= 0.3 is 6.03 Å². The Bertz CT molecular complexity index is 292. The van der Waals surface area contributed by atoms with Crippen LogP contribution in [0.15, 0.2) is 0 Å². The van der Waals surface area contributed by atoms with Crippen molar-refractivity contribution in [2.24, 2.45) is 0 Å². The summed E-state index contributed by atoms with van der Waals surface area (Å²) >= 11 is 1.68. The molecular weight excluding hydrogens is 228 g/mol. The molecule has 3 amide bonds. The highest BCUT2D eigenvalue weighted by Gasteiger charge is 2.42. The second-order valence-electron chi connectivity index (χ2n) is 4.01. The highest BCUT2D eigenvalue weighted by Crippen LogP contribution is 2.19. The van der Waals surface area contributed by atoms with Gasteiger partial charge in [0.05, 0.1) is 12.6 Å². The van der Waals surface area contributed by atoms with Gasteiger partial charge in [-0.1, -0.05) is 0 Å². The van der Waals surface area contributed by atoms with Gasteiger partial charge in [-0.15, -0.1) is 0 Å². The van der Waals surface area contributed by atoms with Crippen molar-refractivity contribution in [3.63, 3.8) is 0 Å². The molecule has 90 valence electrons. The zero-order valence-corrected chi connectivity index (χ0v) is 10.1.